The van der Waals surface area contributed by atoms with Crippen LogP contribution < -0.4 is 4.90 Å². The van der Waals surface area contributed by atoms with Gasteiger partial charge in [-0.25, -0.2) is 18.4 Å². The van der Waals surface area contributed by atoms with Gasteiger partial charge in [-0.3, -0.25) is 0 Å². The van der Waals surface area contributed by atoms with Crippen molar-refractivity contribution in [3.05, 3.63) is 29.9 Å². The molecule has 7 nitrogen and oxygen atoms in total. The fraction of sp³-hybridized carbons (Fsp3) is 0.333. The van der Waals surface area contributed by atoms with E-state index in [0.717, 1.165) is 0 Å². The van der Waals surface area contributed by atoms with Gasteiger partial charge in [0.2, 0.25) is 5.95 Å². The molecule has 0 aliphatic carbocycles. The predicted octanol–water partition coefficient (Wildman–Crippen LogP) is 1.15. The third kappa shape index (κ3) is 3.21. The maximum absolute atomic E-state index is 12.7. The van der Waals surface area contributed by atoms with Gasteiger partial charge in [-0.2, -0.15) is 4.31 Å². The quantitative estimate of drug-likeness (QED) is 0.822. The molecular weight excluding hydrogens is 348 g/mol. The van der Waals surface area contributed by atoms with E-state index in [2.05, 4.69) is 21.8 Å². The highest BCUT2D eigenvalue weighted by atomic mass is 32.2. The van der Waals surface area contributed by atoms with Crippen LogP contribution in [0.3, 0.4) is 0 Å². The van der Waals surface area contributed by atoms with Crippen molar-refractivity contribution in [2.45, 2.75) is 17.2 Å². The lowest BCUT2D eigenvalue weighted by Crippen LogP contribution is -2.54. The van der Waals surface area contributed by atoms with Gasteiger partial charge < -0.3 is 10.0 Å². The molecule has 2 aromatic rings. The zero-order valence-corrected chi connectivity index (χ0v) is 14.6. The van der Waals surface area contributed by atoms with Crippen molar-refractivity contribution >= 4 is 27.3 Å². The number of thiophene rings is 1. The SMILES string of the molecule is CC#C[C@@H]1CN(S(=O)(=O)c2cccs2)CCN1c1ncc(O)cn1. The number of rotatable bonds is 3. The molecular formula is C15H16N4O3S2. The lowest BCUT2D eigenvalue weighted by atomic mass is 10.2. The summed E-state index contributed by atoms with van der Waals surface area (Å²) in [5.41, 5.74) is 0. The van der Waals surface area contributed by atoms with Crippen molar-refractivity contribution in [2.24, 2.45) is 0 Å². The fourth-order valence-electron chi connectivity index (χ4n) is 2.51. The lowest BCUT2D eigenvalue weighted by molar-refractivity contribution is 0.358. The van der Waals surface area contributed by atoms with Crippen molar-refractivity contribution in [2.75, 3.05) is 24.5 Å². The molecule has 24 heavy (non-hydrogen) atoms. The molecule has 0 unspecified atom stereocenters. The third-order valence-corrected chi connectivity index (χ3v) is 6.86. The Kier molecular flexibility index (Phi) is 4.71. The molecule has 1 N–H and O–H groups in total. The number of hydrogen-bond acceptors (Lipinski definition) is 7. The molecule has 126 valence electrons. The van der Waals surface area contributed by atoms with Crippen LogP contribution in [-0.4, -0.2) is 53.5 Å². The van der Waals surface area contributed by atoms with Gasteiger partial charge in [0.05, 0.1) is 12.4 Å². The Hall–Kier alpha value is -2.15. The average Bonchev–Trinajstić information content (AvgIpc) is 3.11. The summed E-state index contributed by atoms with van der Waals surface area (Å²) in [4.78, 5) is 10.1. The van der Waals surface area contributed by atoms with Crippen LogP contribution in [0.25, 0.3) is 0 Å². The van der Waals surface area contributed by atoms with E-state index in [1.165, 1.54) is 28.0 Å². The van der Waals surface area contributed by atoms with Gasteiger partial charge in [-0.05, 0) is 18.4 Å². The monoisotopic (exact) mass is 364 g/mol. The minimum absolute atomic E-state index is 0.0178. The molecule has 1 aliphatic heterocycles. The second-order valence-electron chi connectivity index (χ2n) is 5.14. The Morgan fingerprint density at radius 2 is 2.08 bits per heavy atom. The molecule has 1 fully saturated rings. The summed E-state index contributed by atoms with van der Waals surface area (Å²) in [6.45, 7) is 2.70. The molecule has 0 saturated carbocycles. The van der Waals surface area contributed by atoms with Gasteiger partial charge >= 0.3 is 0 Å². The van der Waals surface area contributed by atoms with Gasteiger partial charge in [0.15, 0.2) is 5.75 Å². The van der Waals surface area contributed by atoms with Crippen LogP contribution in [0.4, 0.5) is 5.95 Å². The van der Waals surface area contributed by atoms with E-state index in [4.69, 9.17) is 0 Å². The van der Waals surface area contributed by atoms with Gasteiger partial charge in [0, 0.05) is 19.6 Å². The smallest absolute Gasteiger partial charge is 0.252 e. The number of aromatic hydroxyl groups is 1. The van der Waals surface area contributed by atoms with Crippen molar-refractivity contribution < 1.29 is 13.5 Å². The van der Waals surface area contributed by atoms with Gasteiger partial charge in [-0.1, -0.05) is 12.0 Å². The summed E-state index contributed by atoms with van der Waals surface area (Å²) in [6.07, 6.45) is 2.63. The van der Waals surface area contributed by atoms with E-state index < -0.39 is 10.0 Å². The number of anilines is 1. The zero-order valence-electron chi connectivity index (χ0n) is 13.0. The molecule has 0 bridgehead atoms. The topological polar surface area (TPSA) is 86.6 Å². The molecule has 2 aromatic heterocycles. The van der Waals surface area contributed by atoms with E-state index in [1.807, 2.05) is 4.90 Å². The highest BCUT2D eigenvalue weighted by Gasteiger charge is 2.35. The molecule has 0 aromatic carbocycles. The van der Waals surface area contributed by atoms with Crippen LogP contribution in [0, 0.1) is 11.8 Å². The number of nitrogens with zero attached hydrogens (tertiary/aromatic N) is 4. The van der Waals surface area contributed by atoms with E-state index in [-0.39, 0.29) is 18.3 Å². The Labute approximate surface area is 144 Å². The zero-order chi connectivity index (χ0) is 17.2. The second-order valence-corrected chi connectivity index (χ2v) is 8.25. The third-order valence-electron chi connectivity index (χ3n) is 3.62. The minimum Gasteiger partial charge on any atom is -0.505 e. The van der Waals surface area contributed by atoms with E-state index in [9.17, 15) is 13.5 Å². The van der Waals surface area contributed by atoms with Gasteiger partial charge in [-0.15, -0.1) is 17.3 Å². The first kappa shape index (κ1) is 16.7. The molecule has 0 spiro atoms. The van der Waals surface area contributed by atoms with E-state index in [0.29, 0.717) is 23.2 Å². The van der Waals surface area contributed by atoms with Crippen LogP contribution in [0.2, 0.25) is 0 Å². The first-order valence-corrected chi connectivity index (χ1v) is 9.58. The molecule has 9 heteroatoms. The Morgan fingerprint density at radius 3 is 2.71 bits per heavy atom. The molecule has 1 saturated heterocycles. The second kappa shape index (κ2) is 6.76. The number of aromatic nitrogens is 2. The Morgan fingerprint density at radius 1 is 1.33 bits per heavy atom. The first-order valence-electron chi connectivity index (χ1n) is 7.26. The Bertz CT molecular complexity index is 854. The standard InChI is InChI=1S/C15H16N4O3S2/c1-2-4-12-11-18(24(21,22)14-5-3-8-23-14)6-7-19(12)15-16-9-13(20)10-17-15/h3,5,8-10,12,20H,6-7,11H2,1H3/t12-/m1/s1. The van der Waals surface area contributed by atoms with Crippen molar-refractivity contribution in [3.63, 3.8) is 0 Å². The normalized spacial score (nSPS) is 18.9. The maximum Gasteiger partial charge on any atom is 0.252 e. The van der Waals surface area contributed by atoms with Crippen molar-refractivity contribution in [3.8, 4) is 17.6 Å². The summed E-state index contributed by atoms with van der Waals surface area (Å²) >= 11 is 1.21. The first-order chi connectivity index (χ1) is 11.5. The molecule has 3 rings (SSSR count). The van der Waals surface area contributed by atoms with Crippen molar-refractivity contribution in [1.29, 1.82) is 0 Å². The fourth-order valence-corrected chi connectivity index (χ4v) is 5.09. The van der Waals surface area contributed by atoms with E-state index in [1.54, 1.807) is 24.4 Å². The van der Waals surface area contributed by atoms with Gasteiger partial charge in [0.1, 0.15) is 10.3 Å². The largest absolute Gasteiger partial charge is 0.505 e. The van der Waals surface area contributed by atoms with Crippen molar-refractivity contribution in [1.82, 2.24) is 14.3 Å². The highest BCUT2D eigenvalue weighted by molar-refractivity contribution is 7.91. The van der Waals surface area contributed by atoms with Gasteiger partial charge in [0.25, 0.3) is 10.0 Å². The molecule has 1 atom stereocenters. The van der Waals surface area contributed by atoms with Crippen LogP contribution in [0.1, 0.15) is 6.92 Å². The van der Waals surface area contributed by atoms with Crippen LogP contribution >= 0.6 is 11.3 Å². The summed E-state index contributed by atoms with van der Waals surface area (Å²) < 4.78 is 27.2. The number of hydrogen-bond donors (Lipinski definition) is 1. The average molecular weight is 364 g/mol. The predicted molar refractivity (Wildman–Crippen MR) is 91.4 cm³/mol. The summed E-state index contributed by atoms with van der Waals surface area (Å²) in [6, 6.07) is 2.99. The van der Waals surface area contributed by atoms with Crippen LogP contribution in [-0.2, 0) is 10.0 Å². The number of piperazine rings is 1. The molecule has 0 amide bonds. The van der Waals surface area contributed by atoms with Crippen LogP contribution in [0.15, 0.2) is 34.1 Å². The molecule has 3 heterocycles. The summed E-state index contributed by atoms with van der Waals surface area (Å²) in [5.74, 6) is 6.27. The Balaban J connectivity index is 1.86. The maximum atomic E-state index is 12.7. The minimum atomic E-state index is -3.51. The summed E-state index contributed by atoms with van der Waals surface area (Å²) in [5, 5.41) is 11.1. The molecule has 1 aliphatic rings. The highest BCUT2D eigenvalue weighted by Crippen LogP contribution is 2.25. The van der Waals surface area contributed by atoms with Crippen LogP contribution in [0.5, 0.6) is 5.75 Å². The van der Waals surface area contributed by atoms with E-state index >= 15 is 0 Å². The lowest BCUT2D eigenvalue weighted by Gasteiger charge is -2.38. The number of sulfonamides is 1. The summed E-state index contributed by atoms with van der Waals surface area (Å²) in [7, 11) is -3.51. The molecule has 0 radical (unpaired) electrons.